The lowest BCUT2D eigenvalue weighted by Gasteiger charge is -2.31. The normalized spacial score (nSPS) is 15.2. The van der Waals surface area contributed by atoms with Crippen LogP contribution in [0.4, 0.5) is 0 Å². The number of nitrogens with zero attached hydrogens (tertiary/aromatic N) is 1. The maximum absolute atomic E-state index is 12.5. The van der Waals surface area contributed by atoms with Crippen LogP contribution in [0.15, 0.2) is 42.5 Å². The van der Waals surface area contributed by atoms with Crippen molar-refractivity contribution >= 4 is 28.7 Å². The fraction of sp³-hybridized carbons (Fsp3) is 0.391. The highest BCUT2D eigenvalue weighted by Gasteiger charge is 2.24. The smallest absolute Gasteiger partial charge is 0.275 e. The van der Waals surface area contributed by atoms with E-state index in [0.29, 0.717) is 19.6 Å². The minimum atomic E-state index is 0.0190. The zero-order valence-electron chi connectivity index (χ0n) is 17.4. The second kappa shape index (κ2) is 9.56. The number of methoxy groups -OCH3 is 1. The number of ether oxygens (including phenoxy) is 1. The monoisotopic (exact) mass is 396 g/mol. The summed E-state index contributed by atoms with van der Waals surface area (Å²) < 4.78 is 5.26. The van der Waals surface area contributed by atoms with Crippen LogP contribution in [0.25, 0.3) is 16.8 Å². The number of carbonyl (C=O) groups is 2. The van der Waals surface area contributed by atoms with Crippen LogP contribution in [0, 0.1) is 0 Å². The molecule has 0 saturated carbocycles. The van der Waals surface area contributed by atoms with Crippen LogP contribution in [-0.4, -0.2) is 62.6 Å². The van der Waals surface area contributed by atoms with Crippen LogP contribution in [-0.2, 0) is 9.59 Å². The summed E-state index contributed by atoms with van der Waals surface area (Å²) in [5, 5.41) is 5.14. The summed E-state index contributed by atoms with van der Waals surface area (Å²) in [4.78, 5) is 27.5. The molecule has 2 amide bonds. The van der Waals surface area contributed by atoms with Gasteiger partial charge in [-0.25, -0.2) is 0 Å². The third-order valence-electron chi connectivity index (χ3n) is 5.13. The Bertz CT molecular complexity index is 899. The molecule has 0 atom stereocenters. The molecule has 3 rings (SSSR count). The Labute approximate surface area is 172 Å². The molecule has 2 N–H and O–H groups in total. The Kier molecular flexibility index (Phi) is 6.88. The molecule has 0 spiro atoms. The van der Waals surface area contributed by atoms with Crippen LogP contribution in [0.1, 0.15) is 19.4 Å². The molecule has 0 aromatic heterocycles. The number of nitrogens with one attached hydrogen (secondary N) is 2. The zero-order chi connectivity index (χ0) is 20.8. The summed E-state index contributed by atoms with van der Waals surface area (Å²) >= 11 is 0. The Balaban J connectivity index is 1.53. The van der Waals surface area contributed by atoms with Gasteiger partial charge in [0.2, 0.25) is 5.91 Å². The summed E-state index contributed by atoms with van der Waals surface area (Å²) in [6.45, 7) is 7.32. The fourth-order valence-corrected chi connectivity index (χ4v) is 3.57. The van der Waals surface area contributed by atoms with Crippen molar-refractivity contribution in [3.05, 3.63) is 48.0 Å². The molecule has 2 aromatic rings. The van der Waals surface area contributed by atoms with Crippen molar-refractivity contribution in [3.8, 4) is 5.75 Å². The molecular formula is C23H30N3O3+. The van der Waals surface area contributed by atoms with Gasteiger partial charge in [0.1, 0.15) is 5.75 Å². The van der Waals surface area contributed by atoms with E-state index in [-0.39, 0.29) is 17.9 Å². The molecule has 6 heteroatoms. The molecule has 0 aliphatic carbocycles. The first-order chi connectivity index (χ1) is 13.9. The van der Waals surface area contributed by atoms with Gasteiger partial charge in [0, 0.05) is 12.1 Å². The molecule has 1 aliphatic rings. The number of fused-ring (bicyclic) bond motifs is 1. The van der Waals surface area contributed by atoms with E-state index in [1.807, 2.05) is 55.2 Å². The van der Waals surface area contributed by atoms with Crippen molar-refractivity contribution in [2.24, 2.45) is 0 Å². The highest BCUT2D eigenvalue weighted by atomic mass is 16.5. The molecule has 1 fully saturated rings. The number of benzene rings is 2. The van der Waals surface area contributed by atoms with Crippen LogP contribution in [0.5, 0.6) is 5.75 Å². The average molecular weight is 397 g/mol. The first-order valence-electron chi connectivity index (χ1n) is 10.1. The van der Waals surface area contributed by atoms with E-state index in [0.717, 1.165) is 35.2 Å². The third kappa shape index (κ3) is 5.81. The first kappa shape index (κ1) is 20.9. The second-order valence-corrected chi connectivity index (χ2v) is 7.78. The average Bonchev–Trinajstić information content (AvgIpc) is 2.71. The molecule has 1 aliphatic heterocycles. The maximum atomic E-state index is 12.5. The summed E-state index contributed by atoms with van der Waals surface area (Å²) in [7, 11) is 1.66. The van der Waals surface area contributed by atoms with E-state index in [2.05, 4.69) is 11.4 Å². The first-order valence-corrected chi connectivity index (χ1v) is 10.1. The van der Waals surface area contributed by atoms with Gasteiger partial charge in [-0.1, -0.05) is 18.2 Å². The van der Waals surface area contributed by atoms with Gasteiger partial charge in [0.05, 0.1) is 33.3 Å². The minimum Gasteiger partial charge on any atom is -0.497 e. The number of hydrogen-bond acceptors (Lipinski definition) is 3. The lowest BCUT2D eigenvalue weighted by molar-refractivity contribution is -0.896. The summed E-state index contributed by atoms with van der Waals surface area (Å²) in [5.74, 6) is 0.924. The van der Waals surface area contributed by atoms with Crippen LogP contribution >= 0.6 is 0 Å². The van der Waals surface area contributed by atoms with Gasteiger partial charge in [0.15, 0.2) is 6.54 Å². The SMILES string of the molecule is COc1ccc2cc(/C=C/C(=O)N3CC[NH+](CC(=O)NC(C)C)CC3)ccc2c1. The Hall–Kier alpha value is -2.86. The van der Waals surface area contributed by atoms with Crippen LogP contribution < -0.4 is 15.0 Å². The van der Waals surface area contributed by atoms with Crippen LogP contribution in [0.3, 0.4) is 0 Å². The third-order valence-corrected chi connectivity index (χ3v) is 5.13. The standard InChI is InChI=1S/C23H29N3O3/c1-17(2)24-22(27)16-25-10-12-26(13-11-25)23(28)9-5-18-4-6-20-15-21(29-3)8-7-19(20)14-18/h4-9,14-15,17H,10-13,16H2,1-3H3,(H,24,27)/p+1/b9-5+. The molecule has 29 heavy (non-hydrogen) atoms. The molecule has 154 valence electrons. The molecular weight excluding hydrogens is 366 g/mol. The van der Waals surface area contributed by atoms with Gasteiger partial charge in [-0.15, -0.1) is 0 Å². The topological polar surface area (TPSA) is 63.1 Å². The predicted molar refractivity (Wildman–Crippen MR) is 115 cm³/mol. The summed E-state index contributed by atoms with van der Waals surface area (Å²) in [5.41, 5.74) is 0.991. The Morgan fingerprint density at radius 2 is 1.83 bits per heavy atom. The minimum absolute atomic E-state index is 0.0190. The van der Waals surface area contributed by atoms with Crippen molar-refractivity contribution in [1.82, 2.24) is 10.2 Å². The quantitative estimate of drug-likeness (QED) is 0.719. The van der Waals surface area contributed by atoms with E-state index in [1.165, 1.54) is 4.90 Å². The van der Waals surface area contributed by atoms with Crippen molar-refractivity contribution in [2.75, 3.05) is 39.8 Å². The van der Waals surface area contributed by atoms with E-state index in [9.17, 15) is 9.59 Å². The maximum Gasteiger partial charge on any atom is 0.275 e. The predicted octanol–water partition coefficient (Wildman–Crippen LogP) is 1.11. The van der Waals surface area contributed by atoms with Gasteiger partial charge in [-0.2, -0.15) is 0 Å². The largest absolute Gasteiger partial charge is 0.497 e. The summed E-state index contributed by atoms with van der Waals surface area (Å²) in [6.07, 6.45) is 3.50. The molecule has 0 radical (unpaired) electrons. The number of hydrogen-bond donors (Lipinski definition) is 2. The van der Waals surface area contributed by atoms with Gasteiger partial charge < -0.3 is 19.9 Å². The number of piperazine rings is 1. The van der Waals surface area contributed by atoms with E-state index in [1.54, 1.807) is 13.2 Å². The number of quaternary nitrogens is 1. The van der Waals surface area contributed by atoms with Crippen molar-refractivity contribution in [2.45, 2.75) is 19.9 Å². The zero-order valence-corrected chi connectivity index (χ0v) is 17.4. The Morgan fingerprint density at radius 1 is 1.14 bits per heavy atom. The molecule has 0 unspecified atom stereocenters. The molecule has 6 nitrogen and oxygen atoms in total. The fourth-order valence-electron chi connectivity index (χ4n) is 3.57. The van der Waals surface area contributed by atoms with Crippen molar-refractivity contribution in [1.29, 1.82) is 0 Å². The highest BCUT2D eigenvalue weighted by Crippen LogP contribution is 2.22. The molecule has 2 aromatic carbocycles. The van der Waals surface area contributed by atoms with Crippen molar-refractivity contribution < 1.29 is 19.2 Å². The molecule has 0 bridgehead atoms. The van der Waals surface area contributed by atoms with Gasteiger partial charge >= 0.3 is 0 Å². The van der Waals surface area contributed by atoms with Gasteiger partial charge in [-0.3, -0.25) is 9.59 Å². The summed E-state index contributed by atoms with van der Waals surface area (Å²) in [6, 6.07) is 12.2. The number of carbonyl (C=O) groups excluding carboxylic acids is 2. The van der Waals surface area contributed by atoms with Gasteiger partial charge in [0.25, 0.3) is 5.91 Å². The lowest BCUT2D eigenvalue weighted by Crippen LogP contribution is -3.15. The molecule has 1 saturated heterocycles. The number of amides is 2. The van der Waals surface area contributed by atoms with E-state index < -0.39 is 0 Å². The number of rotatable bonds is 6. The second-order valence-electron chi connectivity index (χ2n) is 7.78. The lowest BCUT2D eigenvalue weighted by atomic mass is 10.1. The van der Waals surface area contributed by atoms with E-state index in [4.69, 9.17) is 4.74 Å². The molecule has 1 heterocycles. The highest BCUT2D eigenvalue weighted by molar-refractivity contribution is 5.93. The van der Waals surface area contributed by atoms with Crippen molar-refractivity contribution in [3.63, 3.8) is 0 Å². The van der Waals surface area contributed by atoms with E-state index >= 15 is 0 Å². The Morgan fingerprint density at radius 3 is 2.52 bits per heavy atom. The van der Waals surface area contributed by atoms with Crippen LogP contribution in [0.2, 0.25) is 0 Å². The van der Waals surface area contributed by atoms with Gasteiger partial charge in [-0.05, 0) is 54.5 Å².